The molecule has 1 aliphatic rings. The molecule has 1 amide bonds. The van der Waals surface area contributed by atoms with Gasteiger partial charge in [-0.1, -0.05) is 25.2 Å². The Morgan fingerprint density at radius 2 is 2.45 bits per heavy atom. The highest BCUT2D eigenvalue weighted by molar-refractivity contribution is 5.94. The number of rotatable bonds is 2. The van der Waals surface area contributed by atoms with E-state index in [2.05, 4.69) is 23.7 Å². The van der Waals surface area contributed by atoms with E-state index < -0.39 is 0 Å². The van der Waals surface area contributed by atoms with Crippen LogP contribution in [0.4, 0.5) is 0 Å². The number of hydrogen-bond donors (Lipinski definition) is 1. The number of piperidine rings is 1. The Kier molecular flexibility index (Phi) is 5.14. The quantitative estimate of drug-likeness (QED) is 0.832. The Bertz CT molecular complexity index is 530. The molecule has 4 nitrogen and oxygen atoms in total. The number of nitrogens with two attached hydrogens (primary N) is 1. The summed E-state index contributed by atoms with van der Waals surface area (Å²) in [5.74, 6) is 6.32. The molecule has 106 valence electrons. The summed E-state index contributed by atoms with van der Waals surface area (Å²) in [5.41, 5.74) is 6.51. The minimum Gasteiger partial charge on any atom is -0.337 e. The third-order valence-electron chi connectivity index (χ3n) is 3.72. The van der Waals surface area contributed by atoms with Gasteiger partial charge in [0.1, 0.15) is 5.69 Å². The third-order valence-corrected chi connectivity index (χ3v) is 3.72. The largest absolute Gasteiger partial charge is 0.337 e. The van der Waals surface area contributed by atoms with Crippen molar-refractivity contribution in [3.05, 3.63) is 29.6 Å². The van der Waals surface area contributed by atoms with Crippen molar-refractivity contribution in [2.45, 2.75) is 26.2 Å². The number of amides is 1. The summed E-state index contributed by atoms with van der Waals surface area (Å²) < 4.78 is 0. The van der Waals surface area contributed by atoms with Crippen LogP contribution in [0.5, 0.6) is 0 Å². The van der Waals surface area contributed by atoms with Crippen LogP contribution in [-0.4, -0.2) is 35.4 Å². The predicted molar refractivity (Wildman–Crippen MR) is 79.1 cm³/mol. The van der Waals surface area contributed by atoms with E-state index in [9.17, 15) is 4.79 Å². The van der Waals surface area contributed by atoms with Gasteiger partial charge in [0.2, 0.25) is 0 Å². The number of nitrogens with zero attached hydrogens (tertiary/aromatic N) is 2. The van der Waals surface area contributed by atoms with E-state index in [1.54, 1.807) is 12.3 Å². The van der Waals surface area contributed by atoms with E-state index in [0.29, 0.717) is 17.2 Å². The van der Waals surface area contributed by atoms with E-state index in [4.69, 9.17) is 5.73 Å². The highest BCUT2D eigenvalue weighted by Gasteiger charge is 2.25. The molecule has 1 saturated heterocycles. The van der Waals surface area contributed by atoms with Crippen LogP contribution in [0.1, 0.15) is 42.2 Å². The highest BCUT2D eigenvalue weighted by Crippen LogP contribution is 2.21. The molecule has 1 aliphatic heterocycles. The summed E-state index contributed by atoms with van der Waals surface area (Å²) in [6.45, 7) is 4.10. The minimum atomic E-state index is -0.00919. The molecule has 0 aliphatic carbocycles. The molecule has 0 spiro atoms. The van der Waals surface area contributed by atoms with Gasteiger partial charge < -0.3 is 10.6 Å². The van der Waals surface area contributed by atoms with Gasteiger partial charge in [0.25, 0.3) is 5.91 Å². The highest BCUT2D eigenvalue weighted by atomic mass is 16.2. The molecule has 0 radical (unpaired) electrons. The summed E-state index contributed by atoms with van der Waals surface area (Å²) in [6.07, 6.45) is 5.04. The lowest BCUT2D eigenvalue weighted by Crippen LogP contribution is -2.40. The minimum absolute atomic E-state index is 0.00919. The SMILES string of the molecule is CCC1CCCN(C(=O)c2ncccc2C#CCN)C1. The zero-order valence-electron chi connectivity index (χ0n) is 11.9. The Morgan fingerprint density at radius 1 is 1.60 bits per heavy atom. The summed E-state index contributed by atoms with van der Waals surface area (Å²) in [4.78, 5) is 18.7. The molecule has 1 unspecified atom stereocenters. The molecule has 0 saturated carbocycles. The third kappa shape index (κ3) is 3.37. The number of aromatic nitrogens is 1. The van der Waals surface area contributed by atoms with Crippen molar-refractivity contribution in [2.24, 2.45) is 11.7 Å². The van der Waals surface area contributed by atoms with Crippen molar-refractivity contribution in [3.63, 3.8) is 0 Å². The smallest absolute Gasteiger partial charge is 0.273 e. The molecule has 0 aromatic carbocycles. The van der Waals surface area contributed by atoms with Crippen LogP contribution in [0.3, 0.4) is 0 Å². The molecule has 2 rings (SSSR count). The molecule has 4 heteroatoms. The molecule has 1 fully saturated rings. The molecule has 20 heavy (non-hydrogen) atoms. The van der Waals surface area contributed by atoms with Crippen molar-refractivity contribution in [2.75, 3.05) is 19.6 Å². The summed E-state index contributed by atoms with van der Waals surface area (Å²) in [7, 11) is 0. The van der Waals surface area contributed by atoms with E-state index >= 15 is 0 Å². The van der Waals surface area contributed by atoms with E-state index in [-0.39, 0.29) is 12.5 Å². The Balaban J connectivity index is 2.20. The van der Waals surface area contributed by atoms with Crippen LogP contribution in [0.25, 0.3) is 0 Å². The van der Waals surface area contributed by atoms with Gasteiger partial charge in [0.15, 0.2) is 0 Å². The van der Waals surface area contributed by atoms with Gasteiger partial charge in [-0.2, -0.15) is 0 Å². The number of likely N-dealkylation sites (tertiary alicyclic amines) is 1. The molecule has 1 atom stereocenters. The van der Waals surface area contributed by atoms with Crippen LogP contribution >= 0.6 is 0 Å². The number of carbonyl (C=O) groups is 1. The van der Waals surface area contributed by atoms with Crippen LogP contribution in [0, 0.1) is 17.8 Å². The second-order valence-electron chi connectivity index (χ2n) is 5.07. The van der Waals surface area contributed by atoms with Crippen LogP contribution in [0.2, 0.25) is 0 Å². The topological polar surface area (TPSA) is 59.2 Å². The fraction of sp³-hybridized carbons (Fsp3) is 0.500. The van der Waals surface area contributed by atoms with Gasteiger partial charge in [-0.05, 0) is 30.9 Å². The van der Waals surface area contributed by atoms with Gasteiger partial charge >= 0.3 is 0 Å². The maximum atomic E-state index is 12.6. The van der Waals surface area contributed by atoms with E-state index in [1.165, 1.54) is 6.42 Å². The van der Waals surface area contributed by atoms with E-state index in [1.807, 2.05) is 11.0 Å². The molecule has 1 aromatic heterocycles. The Morgan fingerprint density at radius 3 is 3.20 bits per heavy atom. The van der Waals surface area contributed by atoms with Crippen molar-refractivity contribution in [1.82, 2.24) is 9.88 Å². The molecule has 1 aromatic rings. The predicted octanol–water partition coefficient (Wildman–Crippen LogP) is 1.65. The van der Waals surface area contributed by atoms with Crippen molar-refractivity contribution < 1.29 is 4.79 Å². The van der Waals surface area contributed by atoms with Crippen LogP contribution in [0.15, 0.2) is 18.3 Å². The van der Waals surface area contributed by atoms with Crippen molar-refractivity contribution >= 4 is 5.91 Å². The maximum Gasteiger partial charge on any atom is 0.273 e. The van der Waals surface area contributed by atoms with Crippen molar-refractivity contribution in [3.8, 4) is 11.8 Å². The lowest BCUT2D eigenvalue weighted by molar-refractivity contribution is 0.0665. The number of carbonyl (C=O) groups excluding carboxylic acids is 1. The lowest BCUT2D eigenvalue weighted by Gasteiger charge is -2.32. The second-order valence-corrected chi connectivity index (χ2v) is 5.07. The molecule has 2 N–H and O–H groups in total. The summed E-state index contributed by atoms with van der Waals surface area (Å²) >= 11 is 0. The van der Waals surface area contributed by atoms with Gasteiger partial charge in [0, 0.05) is 19.3 Å². The Hall–Kier alpha value is -1.86. The van der Waals surface area contributed by atoms with Gasteiger partial charge in [-0.15, -0.1) is 0 Å². The van der Waals surface area contributed by atoms with Gasteiger partial charge in [-0.25, -0.2) is 4.98 Å². The summed E-state index contributed by atoms with van der Waals surface area (Å²) in [6, 6.07) is 3.62. The van der Waals surface area contributed by atoms with Gasteiger partial charge in [0.05, 0.1) is 12.1 Å². The summed E-state index contributed by atoms with van der Waals surface area (Å²) in [5, 5.41) is 0. The fourth-order valence-corrected chi connectivity index (χ4v) is 2.56. The normalized spacial score (nSPS) is 18.3. The van der Waals surface area contributed by atoms with Crippen LogP contribution < -0.4 is 5.73 Å². The average molecular weight is 271 g/mol. The van der Waals surface area contributed by atoms with E-state index in [0.717, 1.165) is 25.9 Å². The molecular weight excluding hydrogens is 250 g/mol. The van der Waals surface area contributed by atoms with Gasteiger partial charge in [-0.3, -0.25) is 4.79 Å². The maximum absolute atomic E-state index is 12.6. The van der Waals surface area contributed by atoms with Crippen molar-refractivity contribution in [1.29, 1.82) is 0 Å². The zero-order valence-corrected chi connectivity index (χ0v) is 11.9. The number of pyridine rings is 1. The standard InChI is InChI=1S/C16H21N3O/c1-2-13-6-5-11-19(12-13)16(20)15-14(7-3-9-17)8-4-10-18-15/h4,8,10,13H,2,5-6,9,11-12,17H2,1H3. The molecule has 2 heterocycles. The molecular formula is C16H21N3O. The second kappa shape index (κ2) is 7.06. The number of hydrogen-bond acceptors (Lipinski definition) is 3. The Labute approximate surface area is 120 Å². The first-order valence-corrected chi connectivity index (χ1v) is 7.19. The zero-order chi connectivity index (χ0) is 14.4. The lowest BCUT2D eigenvalue weighted by atomic mass is 9.95. The monoisotopic (exact) mass is 271 g/mol. The average Bonchev–Trinajstić information content (AvgIpc) is 2.52. The first-order chi connectivity index (χ1) is 9.76. The van der Waals surface area contributed by atoms with Crippen LogP contribution in [-0.2, 0) is 0 Å². The first-order valence-electron chi connectivity index (χ1n) is 7.19. The fourth-order valence-electron chi connectivity index (χ4n) is 2.56. The molecule has 0 bridgehead atoms. The first kappa shape index (κ1) is 14.5.